The highest BCUT2D eigenvalue weighted by Crippen LogP contribution is 2.12. The van der Waals surface area contributed by atoms with Crippen molar-refractivity contribution in [3.8, 4) is 0 Å². The number of rotatable bonds is 2. The van der Waals surface area contributed by atoms with E-state index in [0.29, 0.717) is 4.64 Å². The molecule has 0 atom stereocenters. The van der Waals surface area contributed by atoms with Crippen LogP contribution < -0.4 is 0 Å². The summed E-state index contributed by atoms with van der Waals surface area (Å²) in [5, 5.41) is 2.07. The molecule has 0 amide bonds. The van der Waals surface area contributed by atoms with Crippen LogP contribution in [0.3, 0.4) is 0 Å². The molecule has 0 fully saturated rings. The lowest BCUT2D eigenvalue weighted by Crippen LogP contribution is -1.96. The van der Waals surface area contributed by atoms with Crippen molar-refractivity contribution in [2.45, 2.75) is 13.3 Å². The second-order valence-electron chi connectivity index (χ2n) is 3.11. The van der Waals surface area contributed by atoms with E-state index >= 15 is 0 Å². The van der Waals surface area contributed by atoms with E-state index in [4.69, 9.17) is 12.2 Å². The molecule has 0 spiro atoms. The Kier molecular flexibility index (Phi) is 2.74. The Morgan fingerprint density at radius 1 is 1.57 bits per heavy atom. The van der Waals surface area contributed by atoms with Gasteiger partial charge in [-0.25, -0.2) is 4.98 Å². The smallest absolute Gasteiger partial charge is 0.129 e. The van der Waals surface area contributed by atoms with Crippen molar-refractivity contribution < 1.29 is 0 Å². The number of H-pyrrole nitrogens is 1. The van der Waals surface area contributed by atoms with E-state index in [1.54, 1.807) is 11.3 Å². The Balaban J connectivity index is 2.29. The maximum absolute atomic E-state index is 5.05. The minimum Gasteiger partial charge on any atom is -0.347 e. The van der Waals surface area contributed by atoms with Crippen LogP contribution in [0.1, 0.15) is 16.4 Å². The van der Waals surface area contributed by atoms with Crippen LogP contribution in [-0.2, 0) is 6.42 Å². The van der Waals surface area contributed by atoms with Crippen molar-refractivity contribution in [3.63, 3.8) is 0 Å². The third-order valence-electron chi connectivity index (χ3n) is 1.85. The summed E-state index contributed by atoms with van der Waals surface area (Å²) in [4.78, 5) is 8.79. The molecule has 0 aliphatic rings. The van der Waals surface area contributed by atoms with E-state index in [9.17, 15) is 0 Å². The molecule has 72 valence electrons. The van der Waals surface area contributed by atoms with Crippen LogP contribution in [0.2, 0.25) is 0 Å². The third kappa shape index (κ3) is 2.27. The largest absolute Gasteiger partial charge is 0.347 e. The van der Waals surface area contributed by atoms with Crippen LogP contribution in [0.15, 0.2) is 23.6 Å². The summed E-state index contributed by atoms with van der Waals surface area (Å²) in [6.45, 7) is 2.00. The number of aromatic amines is 1. The van der Waals surface area contributed by atoms with Gasteiger partial charge in [0, 0.05) is 17.0 Å². The Labute approximate surface area is 91.7 Å². The first-order valence-electron chi connectivity index (χ1n) is 4.33. The van der Waals surface area contributed by atoms with Crippen molar-refractivity contribution >= 4 is 23.6 Å². The lowest BCUT2D eigenvalue weighted by molar-refractivity contribution is 0.944. The maximum Gasteiger partial charge on any atom is 0.129 e. The highest BCUT2D eigenvalue weighted by molar-refractivity contribution is 7.71. The molecule has 0 aliphatic carbocycles. The maximum atomic E-state index is 5.05. The molecule has 2 aromatic heterocycles. The van der Waals surface area contributed by atoms with Gasteiger partial charge in [-0.3, -0.25) is 0 Å². The predicted molar refractivity (Wildman–Crippen MR) is 61.3 cm³/mol. The molecule has 14 heavy (non-hydrogen) atoms. The molecule has 0 aromatic carbocycles. The van der Waals surface area contributed by atoms with Crippen molar-refractivity contribution in [3.05, 3.63) is 44.6 Å². The number of nitrogens with zero attached hydrogens (tertiary/aromatic N) is 1. The van der Waals surface area contributed by atoms with Gasteiger partial charge in [0.15, 0.2) is 0 Å². The third-order valence-corrected chi connectivity index (χ3v) is 2.93. The fraction of sp³-hybridized carbons (Fsp3) is 0.200. The van der Waals surface area contributed by atoms with Crippen LogP contribution in [0.4, 0.5) is 0 Å². The lowest BCUT2D eigenvalue weighted by atomic mass is 10.3. The van der Waals surface area contributed by atoms with Crippen molar-refractivity contribution in [2.24, 2.45) is 0 Å². The summed E-state index contributed by atoms with van der Waals surface area (Å²) in [6.07, 6.45) is 0.836. The number of nitrogens with one attached hydrogen (secondary N) is 1. The number of aryl methyl sites for hydroxylation is 1. The Morgan fingerprint density at radius 3 is 3.07 bits per heavy atom. The van der Waals surface area contributed by atoms with Gasteiger partial charge in [-0.2, -0.15) is 0 Å². The van der Waals surface area contributed by atoms with Gasteiger partial charge in [-0.15, -0.1) is 11.3 Å². The number of hydrogen-bond acceptors (Lipinski definition) is 3. The minimum absolute atomic E-state index is 0.660. The van der Waals surface area contributed by atoms with Gasteiger partial charge in [0.25, 0.3) is 0 Å². The first-order valence-corrected chi connectivity index (χ1v) is 5.62. The average molecular weight is 222 g/mol. The van der Waals surface area contributed by atoms with Crippen LogP contribution >= 0.6 is 23.6 Å². The number of hydrogen-bond donors (Lipinski definition) is 1. The summed E-state index contributed by atoms with van der Waals surface area (Å²) in [5.74, 6) is 0.942. The van der Waals surface area contributed by atoms with Gasteiger partial charge in [0.1, 0.15) is 10.5 Å². The Bertz CT molecular complexity index is 471. The van der Waals surface area contributed by atoms with E-state index < -0.39 is 0 Å². The first-order chi connectivity index (χ1) is 6.74. The van der Waals surface area contributed by atoms with Gasteiger partial charge >= 0.3 is 0 Å². The van der Waals surface area contributed by atoms with Gasteiger partial charge in [-0.1, -0.05) is 18.3 Å². The van der Waals surface area contributed by atoms with Crippen LogP contribution in [0.25, 0.3) is 0 Å². The minimum atomic E-state index is 0.660. The molecule has 2 heterocycles. The molecule has 0 radical (unpaired) electrons. The fourth-order valence-electron chi connectivity index (χ4n) is 1.30. The molecule has 4 heteroatoms. The molecule has 0 bridgehead atoms. The van der Waals surface area contributed by atoms with E-state index in [1.807, 2.05) is 19.1 Å². The normalized spacial score (nSPS) is 10.4. The SMILES string of the molecule is Cc1cc(=S)nc(Cc2cccs2)[nH]1. The molecule has 0 saturated heterocycles. The van der Waals surface area contributed by atoms with Gasteiger partial charge in [0.05, 0.1) is 0 Å². The van der Waals surface area contributed by atoms with Gasteiger partial charge in [0.2, 0.25) is 0 Å². The monoisotopic (exact) mass is 222 g/mol. The first kappa shape index (κ1) is 9.55. The number of aromatic nitrogens is 2. The summed E-state index contributed by atoms with van der Waals surface area (Å²) < 4.78 is 0.660. The second-order valence-corrected chi connectivity index (χ2v) is 4.56. The zero-order valence-electron chi connectivity index (χ0n) is 7.78. The predicted octanol–water partition coefficient (Wildman–Crippen LogP) is 3.10. The standard InChI is InChI=1S/C10H10N2S2/c1-7-5-10(13)12-9(11-7)6-8-3-2-4-14-8/h2-5H,6H2,1H3,(H,11,12,13). The summed E-state index contributed by atoms with van der Waals surface area (Å²) in [7, 11) is 0. The Morgan fingerprint density at radius 2 is 2.43 bits per heavy atom. The molecule has 0 unspecified atom stereocenters. The van der Waals surface area contributed by atoms with Gasteiger partial charge < -0.3 is 4.98 Å². The van der Waals surface area contributed by atoms with E-state index in [2.05, 4.69) is 21.4 Å². The molecular weight excluding hydrogens is 212 g/mol. The number of thiophene rings is 1. The fourth-order valence-corrected chi connectivity index (χ4v) is 2.30. The van der Waals surface area contributed by atoms with Crippen molar-refractivity contribution in [2.75, 3.05) is 0 Å². The van der Waals surface area contributed by atoms with Crippen LogP contribution in [-0.4, -0.2) is 9.97 Å². The average Bonchev–Trinajstić information content (AvgIpc) is 2.54. The highest BCUT2D eigenvalue weighted by Gasteiger charge is 1.99. The van der Waals surface area contributed by atoms with Crippen LogP contribution in [0.5, 0.6) is 0 Å². The second kappa shape index (κ2) is 4.02. The molecule has 2 aromatic rings. The molecular formula is C10H10N2S2. The zero-order chi connectivity index (χ0) is 9.97. The van der Waals surface area contributed by atoms with Gasteiger partial charge in [-0.05, 0) is 24.4 Å². The summed E-state index contributed by atoms with van der Waals surface area (Å²) in [6, 6.07) is 6.02. The topological polar surface area (TPSA) is 28.7 Å². The molecule has 2 rings (SSSR count). The van der Waals surface area contributed by atoms with Crippen molar-refractivity contribution in [1.82, 2.24) is 9.97 Å². The highest BCUT2D eigenvalue weighted by atomic mass is 32.1. The molecule has 0 aliphatic heterocycles. The Hall–Kier alpha value is -1.00. The van der Waals surface area contributed by atoms with E-state index in [0.717, 1.165) is 17.9 Å². The quantitative estimate of drug-likeness (QED) is 0.791. The van der Waals surface area contributed by atoms with E-state index in [1.165, 1.54) is 4.88 Å². The summed E-state index contributed by atoms with van der Waals surface area (Å²) >= 11 is 6.79. The lowest BCUT2D eigenvalue weighted by Gasteiger charge is -2.00. The van der Waals surface area contributed by atoms with E-state index in [-0.39, 0.29) is 0 Å². The van der Waals surface area contributed by atoms with Crippen molar-refractivity contribution in [1.29, 1.82) is 0 Å². The zero-order valence-corrected chi connectivity index (χ0v) is 9.41. The van der Waals surface area contributed by atoms with Crippen LogP contribution in [0, 0.1) is 11.6 Å². The molecule has 2 nitrogen and oxygen atoms in total. The molecule has 0 saturated carbocycles. The molecule has 1 N–H and O–H groups in total. The summed E-state index contributed by atoms with van der Waals surface area (Å²) in [5.41, 5.74) is 1.07.